The van der Waals surface area contributed by atoms with Gasteiger partial charge in [-0.25, -0.2) is 4.79 Å². The molecule has 0 saturated carbocycles. The van der Waals surface area contributed by atoms with Gasteiger partial charge in [-0.05, 0) is 85.2 Å². The Hall–Kier alpha value is -4.29. The summed E-state index contributed by atoms with van der Waals surface area (Å²) < 4.78 is 6.39. The van der Waals surface area contributed by atoms with E-state index < -0.39 is 14.3 Å². The highest BCUT2D eigenvalue weighted by molar-refractivity contribution is 6.74. The SMILES string of the molecule is CN1CCN(CC(=O)N(C)c2ccc(NC(=C3C(=O)Nc4ccc(C(=O)O)cc43)c3ccc(CCO[Si](C)(C)C(C)(C)C)cc3)cc2)CC1. The highest BCUT2D eigenvalue weighted by atomic mass is 28.4. The van der Waals surface area contributed by atoms with Gasteiger partial charge in [-0.3, -0.25) is 14.5 Å². The lowest BCUT2D eigenvalue weighted by Gasteiger charge is -2.36. The second-order valence-electron chi connectivity index (χ2n) is 14.5. The summed E-state index contributed by atoms with van der Waals surface area (Å²) in [6.45, 7) is 15.8. The molecular formula is C38H49N5O5Si. The minimum absolute atomic E-state index is 0.0244. The molecule has 1 saturated heterocycles. The van der Waals surface area contributed by atoms with Crippen molar-refractivity contribution in [1.82, 2.24) is 9.80 Å². The first-order valence-corrected chi connectivity index (χ1v) is 19.7. The van der Waals surface area contributed by atoms with Crippen molar-refractivity contribution in [2.24, 2.45) is 0 Å². The summed E-state index contributed by atoms with van der Waals surface area (Å²) in [5.74, 6) is -1.36. The van der Waals surface area contributed by atoms with Crippen molar-refractivity contribution in [2.75, 3.05) is 69.0 Å². The Morgan fingerprint density at radius 3 is 2.20 bits per heavy atom. The fraction of sp³-hybridized carbons (Fsp3) is 0.395. The molecule has 0 bridgehead atoms. The predicted octanol–water partition coefficient (Wildman–Crippen LogP) is 6.09. The molecule has 5 rings (SSSR count). The lowest BCUT2D eigenvalue weighted by Crippen LogP contribution is -2.48. The van der Waals surface area contributed by atoms with Gasteiger partial charge in [0.2, 0.25) is 5.91 Å². The Morgan fingerprint density at radius 1 is 0.959 bits per heavy atom. The first-order valence-electron chi connectivity index (χ1n) is 16.8. The van der Waals surface area contributed by atoms with Crippen LogP contribution in [-0.2, 0) is 20.4 Å². The van der Waals surface area contributed by atoms with Crippen molar-refractivity contribution >= 4 is 54.4 Å². The monoisotopic (exact) mass is 683 g/mol. The zero-order valence-electron chi connectivity index (χ0n) is 29.7. The first-order chi connectivity index (χ1) is 23.1. The number of piperazine rings is 1. The highest BCUT2D eigenvalue weighted by Gasteiger charge is 2.37. The predicted molar refractivity (Wildman–Crippen MR) is 200 cm³/mol. The van der Waals surface area contributed by atoms with Crippen LogP contribution < -0.4 is 15.5 Å². The molecule has 260 valence electrons. The van der Waals surface area contributed by atoms with Crippen molar-refractivity contribution in [3.63, 3.8) is 0 Å². The number of carboxylic acid groups (broad SMARTS) is 1. The van der Waals surface area contributed by atoms with Crippen LogP contribution in [0.25, 0.3) is 11.3 Å². The minimum atomic E-state index is -1.86. The van der Waals surface area contributed by atoms with Gasteiger partial charge in [0.05, 0.1) is 23.4 Å². The van der Waals surface area contributed by atoms with E-state index in [2.05, 4.69) is 61.3 Å². The van der Waals surface area contributed by atoms with Gasteiger partial charge < -0.3 is 30.0 Å². The van der Waals surface area contributed by atoms with Crippen molar-refractivity contribution in [3.05, 3.63) is 89.0 Å². The Morgan fingerprint density at radius 2 is 1.59 bits per heavy atom. The number of carbonyl (C=O) groups excluding carboxylic acids is 2. The molecule has 10 nitrogen and oxygen atoms in total. The van der Waals surface area contributed by atoms with Crippen molar-refractivity contribution in [2.45, 2.75) is 45.3 Å². The molecule has 3 N–H and O–H groups in total. The number of benzene rings is 3. The van der Waals surface area contributed by atoms with Gasteiger partial charge in [0.15, 0.2) is 8.32 Å². The quantitative estimate of drug-likeness (QED) is 0.164. The Kier molecular flexibility index (Phi) is 10.8. The maximum absolute atomic E-state index is 13.5. The molecule has 1 fully saturated rings. The molecule has 49 heavy (non-hydrogen) atoms. The molecule has 2 heterocycles. The average Bonchev–Trinajstić information content (AvgIpc) is 3.39. The van der Waals surface area contributed by atoms with E-state index in [0.717, 1.165) is 49.4 Å². The average molecular weight is 684 g/mol. The number of hydrogen-bond donors (Lipinski definition) is 3. The number of carboxylic acids is 1. The third-order valence-electron chi connectivity index (χ3n) is 10.0. The molecule has 2 aliphatic rings. The molecule has 0 radical (unpaired) electrons. The van der Waals surface area contributed by atoms with Gasteiger partial charge in [-0.2, -0.15) is 0 Å². The van der Waals surface area contributed by atoms with E-state index in [1.807, 2.05) is 48.5 Å². The van der Waals surface area contributed by atoms with Crippen LogP contribution in [0.4, 0.5) is 17.1 Å². The molecule has 11 heteroatoms. The molecule has 0 aromatic heterocycles. The molecule has 0 aliphatic carbocycles. The number of amides is 2. The zero-order chi connectivity index (χ0) is 35.5. The number of carbonyl (C=O) groups is 3. The number of rotatable bonds is 11. The van der Waals surface area contributed by atoms with Crippen LogP contribution in [0.2, 0.25) is 18.1 Å². The van der Waals surface area contributed by atoms with E-state index in [9.17, 15) is 19.5 Å². The van der Waals surface area contributed by atoms with Gasteiger partial charge in [-0.1, -0.05) is 45.0 Å². The maximum Gasteiger partial charge on any atom is 0.335 e. The Labute approximate surface area is 290 Å². The summed E-state index contributed by atoms with van der Waals surface area (Å²) in [5, 5.41) is 16.2. The lowest BCUT2D eigenvalue weighted by molar-refractivity contribution is -0.119. The second kappa shape index (κ2) is 14.7. The topological polar surface area (TPSA) is 114 Å². The third-order valence-corrected chi connectivity index (χ3v) is 14.6. The number of nitrogens with zero attached hydrogens (tertiary/aromatic N) is 3. The van der Waals surface area contributed by atoms with Gasteiger partial charge in [0.25, 0.3) is 5.91 Å². The van der Waals surface area contributed by atoms with Gasteiger partial charge in [0.1, 0.15) is 0 Å². The number of nitrogens with one attached hydrogen (secondary N) is 2. The van der Waals surface area contributed by atoms with Crippen LogP contribution >= 0.6 is 0 Å². The smallest absolute Gasteiger partial charge is 0.335 e. The van der Waals surface area contributed by atoms with Crippen LogP contribution in [0.15, 0.2) is 66.7 Å². The fourth-order valence-corrected chi connectivity index (χ4v) is 6.71. The minimum Gasteiger partial charge on any atom is -0.478 e. The van der Waals surface area contributed by atoms with Crippen LogP contribution in [0, 0.1) is 0 Å². The van der Waals surface area contributed by atoms with Gasteiger partial charge in [-0.15, -0.1) is 0 Å². The molecule has 0 atom stereocenters. The van der Waals surface area contributed by atoms with Crippen LogP contribution in [-0.4, -0.2) is 94.4 Å². The fourth-order valence-electron chi connectivity index (χ4n) is 5.67. The summed E-state index contributed by atoms with van der Waals surface area (Å²) in [6.07, 6.45) is 0.764. The first kappa shape index (κ1) is 36.0. The molecule has 0 unspecified atom stereocenters. The summed E-state index contributed by atoms with van der Waals surface area (Å²) >= 11 is 0. The molecule has 3 aromatic rings. The number of fused-ring (bicyclic) bond motifs is 1. The van der Waals surface area contributed by atoms with E-state index in [4.69, 9.17) is 4.43 Å². The van der Waals surface area contributed by atoms with Crippen molar-refractivity contribution in [1.29, 1.82) is 0 Å². The Bertz CT molecular complexity index is 1720. The maximum atomic E-state index is 13.5. The molecule has 3 aromatic carbocycles. The van der Waals surface area contributed by atoms with Gasteiger partial charge >= 0.3 is 5.97 Å². The standard InChI is InChI=1S/C38H49N5O5Si/c1-38(2,3)49(6,7)48-23-18-26-8-10-27(11-9-26)35(34-31-24-28(37(46)47)12-17-32(31)40-36(34)45)39-29-13-15-30(16-14-29)42(5)33(44)25-43-21-19-41(4)20-22-43/h8-17,24,39H,18-23,25H2,1-7H3,(H,40,45)(H,46,47). The third kappa shape index (κ3) is 8.48. The normalized spacial score (nSPS) is 16.6. The van der Waals surface area contributed by atoms with Crippen molar-refractivity contribution < 1.29 is 23.9 Å². The summed E-state index contributed by atoms with van der Waals surface area (Å²) in [6, 6.07) is 20.2. The van der Waals surface area contributed by atoms with E-state index >= 15 is 0 Å². The van der Waals surface area contributed by atoms with Crippen LogP contribution in [0.5, 0.6) is 0 Å². The number of hydrogen-bond acceptors (Lipinski definition) is 7. The molecule has 2 aliphatic heterocycles. The second-order valence-corrected chi connectivity index (χ2v) is 19.3. The zero-order valence-corrected chi connectivity index (χ0v) is 30.7. The van der Waals surface area contributed by atoms with E-state index in [1.165, 1.54) is 12.1 Å². The number of likely N-dealkylation sites (N-methyl/N-ethyl adjacent to an activating group) is 2. The number of aromatic carboxylic acids is 1. The molecule has 2 amide bonds. The Balaban J connectivity index is 1.40. The summed E-state index contributed by atoms with van der Waals surface area (Å²) in [4.78, 5) is 44.5. The summed E-state index contributed by atoms with van der Waals surface area (Å²) in [5.41, 5.74) is 5.45. The molecule has 0 spiro atoms. The van der Waals surface area contributed by atoms with E-state index in [1.54, 1.807) is 18.0 Å². The largest absolute Gasteiger partial charge is 0.478 e. The summed E-state index contributed by atoms with van der Waals surface area (Å²) in [7, 11) is 2.02. The lowest BCUT2D eigenvalue weighted by atomic mass is 9.97. The highest BCUT2D eigenvalue weighted by Crippen LogP contribution is 2.39. The van der Waals surface area contributed by atoms with Crippen molar-refractivity contribution in [3.8, 4) is 0 Å². The molecular weight excluding hydrogens is 635 g/mol. The van der Waals surface area contributed by atoms with Crippen LogP contribution in [0.3, 0.4) is 0 Å². The van der Waals surface area contributed by atoms with Crippen LogP contribution in [0.1, 0.15) is 47.8 Å². The van der Waals surface area contributed by atoms with Gasteiger partial charge in [0, 0.05) is 62.5 Å². The van der Waals surface area contributed by atoms with E-state index in [0.29, 0.717) is 41.4 Å². The van der Waals surface area contributed by atoms with E-state index in [-0.39, 0.29) is 22.4 Å². The number of anilines is 3.